The molecule has 2 aromatic carbocycles. The molecular formula is C24H23N. The second-order valence-corrected chi connectivity index (χ2v) is 7.16. The quantitative estimate of drug-likeness (QED) is 0.648. The lowest BCUT2D eigenvalue weighted by Gasteiger charge is -2.39. The molecular weight excluding hydrogens is 302 g/mol. The van der Waals surface area contributed by atoms with Crippen molar-refractivity contribution < 1.29 is 0 Å². The summed E-state index contributed by atoms with van der Waals surface area (Å²) in [5.41, 5.74) is 8.08. The van der Waals surface area contributed by atoms with E-state index in [1.54, 1.807) is 0 Å². The van der Waals surface area contributed by atoms with Gasteiger partial charge in [0.25, 0.3) is 0 Å². The van der Waals surface area contributed by atoms with Gasteiger partial charge in [-0.05, 0) is 93.3 Å². The third-order valence-corrected chi connectivity index (χ3v) is 5.74. The van der Waals surface area contributed by atoms with Crippen LogP contribution in [0.2, 0.25) is 0 Å². The van der Waals surface area contributed by atoms with Crippen molar-refractivity contribution in [3.63, 3.8) is 0 Å². The maximum Gasteiger partial charge on any atom is 0.0248 e. The summed E-state index contributed by atoms with van der Waals surface area (Å²) in [4.78, 5) is 2.44. The molecule has 1 heteroatoms. The fourth-order valence-electron chi connectivity index (χ4n) is 4.48. The average Bonchev–Trinajstić information content (AvgIpc) is 2.88. The lowest BCUT2D eigenvalue weighted by molar-refractivity contribution is 0.216. The van der Waals surface area contributed by atoms with Crippen molar-refractivity contribution in [2.45, 2.75) is 32.1 Å². The Labute approximate surface area is 151 Å². The van der Waals surface area contributed by atoms with E-state index in [2.05, 4.69) is 72.0 Å². The molecule has 124 valence electrons. The number of rotatable bonds is 0. The standard InChI is InChI=1S/C24H23N/c1-4-6-18-8-10-20-21-11-9-19(7-5-2)17-23(21)24(22(20)16-18)12-14-25(3)15-13-24/h8-11,16-17H,12-15H2,1-3H3. The van der Waals surface area contributed by atoms with Crippen LogP contribution in [0.15, 0.2) is 36.4 Å². The highest BCUT2D eigenvalue weighted by molar-refractivity contribution is 5.82. The van der Waals surface area contributed by atoms with Gasteiger partial charge in [-0.2, -0.15) is 0 Å². The van der Waals surface area contributed by atoms with E-state index in [-0.39, 0.29) is 5.41 Å². The van der Waals surface area contributed by atoms with E-state index < -0.39 is 0 Å². The van der Waals surface area contributed by atoms with E-state index in [0.717, 1.165) is 37.1 Å². The first-order valence-electron chi connectivity index (χ1n) is 9.01. The summed E-state index contributed by atoms with van der Waals surface area (Å²) in [7, 11) is 2.22. The first-order valence-corrected chi connectivity index (χ1v) is 9.01. The van der Waals surface area contributed by atoms with Gasteiger partial charge >= 0.3 is 0 Å². The van der Waals surface area contributed by atoms with Gasteiger partial charge in [-0.1, -0.05) is 24.0 Å². The molecule has 0 N–H and O–H groups in total. The van der Waals surface area contributed by atoms with Crippen LogP contribution in [0.1, 0.15) is 48.9 Å². The van der Waals surface area contributed by atoms with E-state index >= 15 is 0 Å². The van der Waals surface area contributed by atoms with Gasteiger partial charge in [-0.3, -0.25) is 0 Å². The summed E-state index contributed by atoms with van der Waals surface area (Å²) in [6.45, 7) is 6.07. The van der Waals surface area contributed by atoms with Crippen LogP contribution in [0.4, 0.5) is 0 Å². The fourth-order valence-corrected chi connectivity index (χ4v) is 4.48. The lowest BCUT2D eigenvalue weighted by Crippen LogP contribution is -2.40. The monoisotopic (exact) mass is 325 g/mol. The molecule has 1 heterocycles. The SMILES string of the molecule is CC#Cc1ccc2c(c1)C1(CCN(C)CC1)c1cc(C#CC)ccc1-2. The Balaban J connectivity index is 1.95. The van der Waals surface area contributed by atoms with Crippen LogP contribution in [0, 0.1) is 23.7 Å². The zero-order valence-corrected chi connectivity index (χ0v) is 15.2. The van der Waals surface area contributed by atoms with Gasteiger partial charge in [0.1, 0.15) is 0 Å². The highest BCUT2D eigenvalue weighted by atomic mass is 15.1. The molecule has 2 aliphatic rings. The molecule has 1 nitrogen and oxygen atoms in total. The Bertz CT molecular complexity index is 880. The van der Waals surface area contributed by atoms with Crippen LogP contribution in [0.3, 0.4) is 0 Å². The molecule has 1 aliphatic heterocycles. The first-order chi connectivity index (χ1) is 12.2. The number of piperidine rings is 1. The molecule has 0 unspecified atom stereocenters. The predicted molar refractivity (Wildman–Crippen MR) is 104 cm³/mol. The van der Waals surface area contributed by atoms with Crippen molar-refractivity contribution in [3.05, 3.63) is 58.7 Å². The van der Waals surface area contributed by atoms with Crippen LogP contribution >= 0.6 is 0 Å². The maximum absolute atomic E-state index is 3.24. The van der Waals surface area contributed by atoms with E-state index in [0.29, 0.717) is 0 Å². The summed E-state index contributed by atoms with van der Waals surface area (Å²) < 4.78 is 0. The predicted octanol–water partition coefficient (Wildman–Crippen LogP) is 4.42. The molecule has 1 aliphatic carbocycles. The number of hydrogen-bond donors (Lipinski definition) is 0. The van der Waals surface area contributed by atoms with Crippen LogP contribution in [-0.2, 0) is 5.41 Å². The Morgan fingerprint density at radius 3 is 1.72 bits per heavy atom. The summed E-state index contributed by atoms with van der Waals surface area (Å²) in [6.07, 6.45) is 2.32. The minimum Gasteiger partial charge on any atom is -0.306 e. The molecule has 0 aromatic heterocycles. The van der Waals surface area contributed by atoms with Gasteiger partial charge in [0.15, 0.2) is 0 Å². The average molecular weight is 325 g/mol. The van der Waals surface area contributed by atoms with E-state index in [4.69, 9.17) is 0 Å². The zero-order chi connectivity index (χ0) is 17.4. The molecule has 1 fully saturated rings. The molecule has 2 aromatic rings. The highest BCUT2D eigenvalue weighted by Crippen LogP contribution is 2.54. The van der Waals surface area contributed by atoms with Crippen molar-refractivity contribution in [3.8, 4) is 34.8 Å². The van der Waals surface area contributed by atoms with Gasteiger partial charge < -0.3 is 4.90 Å². The number of nitrogens with zero attached hydrogens (tertiary/aromatic N) is 1. The van der Waals surface area contributed by atoms with Crippen LogP contribution < -0.4 is 0 Å². The second-order valence-electron chi connectivity index (χ2n) is 7.16. The zero-order valence-electron chi connectivity index (χ0n) is 15.2. The molecule has 0 bridgehead atoms. The smallest absolute Gasteiger partial charge is 0.0248 e. The summed E-state index contributed by atoms with van der Waals surface area (Å²) in [5.74, 6) is 12.6. The Kier molecular flexibility index (Phi) is 3.91. The van der Waals surface area contributed by atoms with Gasteiger partial charge in [0.05, 0.1) is 0 Å². The number of fused-ring (bicyclic) bond motifs is 5. The first kappa shape index (κ1) is 16.0. The molecule has 4 rings (SSSR count). The summed E-state index contributed by atoms with van der Waals surface area (Å²) in [6, 6.07) is 13.5. The van der Waals surface area contributed by atoms with E-state index in [1.807, 2.05) is 13.8 Å². The highest BCUT2D eigenvalue weighted by Gasteiger charge is 2.44. The van der Waals surface area contributed by atoms with Gasteiger partial charge in [-0.15, -0.1) is 11.8 Å². The molecule has 1 saturated heterocycles. The van der Waals surface area contributed by atoms with Crippen LogP contribution in [0.5, 0.6) is 0 Å². The number of hydrogen-bond acceptors (Lipinski definition) is 1. The lowest BCUT2D eigenvalue weighted by atomic mass is 9.70. The summed E-state index contributed by atoms with van der Waals surface area (Å²) >= 11 is 0. The summed E-state index contributed by atoms with van der Waals surface area (Å²) in [5, 5.41) is 0. The molecule has 25 heavy (non-hydrogen) atoms. The molecule has 0 saturated carbocycles. The van der Waals surface area contributed by atoms with Crippen LogP contribution in [0.25, 0.3) is 11.1 Å². The van der Waals surface area contributed by atoms with E-state index in [1.165, 1.54) is 22.3 Å². The topological polar surface area (TPSA) is 3.24 Å². The van der Waals surface area contributed by atoms with Crippen molar-refractivity contribution in [2.75, 3.05) is 20.1 Å². The molecule has 0 atom stereocenters. The normalized spacial score (nSPS) is 17.1. The fraction of sp³-hybridized carbons (Fsp3) is 0.333. The van der Waals surface area contributed by atoms with Crippen LogP contribution in [-0.4, -0.2) is 25.0 Å². The Morgan fingerprint density at radius 1 is 0.800 bits per heavy atom. The van der Waals surface area contributed by atoms with Crippen molar-refractivity contribution >= 4 is 0 Å². The van der Waals surface area contributed by atoms with Gasteiger partial charge in [-0.25, -0.2) is 0 Å². The van der Waals surface area contributed by atoms with Crippen molar-refractivity contribution in [1.29, 1.82) is 0 Å². The number of likely N-dealkylation sites (tertiary alicyclic amines) is 1. The maximum atomic E-state index is 3.24. The Morgan fingerprint density at radius 2 is 1.28 bits per heavy atom. The molecule has 1 spiro atoms. The second kappa shape index (κ2) is 6.11. The van der Waals surface area contributed by atoms with E-state index in [9.17, 15) is 0 Å². The van der Waals surface area contributed by atoms with Crippen molar-refractivity contribution in [1.82, 2.24) is 4.90 Å². The third-order valence-electron chi connectivity index (χ3n) is 5.74. The minimum atomic E-state index is 0.119. The van der Waals surface area contributed by atoms with Gasteiger partial charge in [0, 0.05) is 16.5 Å². The number of benzene rings is 2. The Hall–Kier alpha value is -2.48. The van der Waals surface area contributed by atoms with Crippen molar-refractivity contribution in [2.24, 2.45) is 0 Å². The minimum absolute atomic E-state index is 0.119. The molecule has 0 amide bonds. The van der Waals surface area contributed by atoms with Gasteiger partial charge in [0.2, 0.25) is 0 Å². The third kappa shape index (κ3) is 2.48. The largest absolute Gasteiger partial charge is 0.306 e. The molecule has 0 radical (unpaired) electrons.